The molecule has 0 unspecified atom stereocenters. The molecule has 1 N–H and O–H groups in total. The topological polar surface area (TPSA) is 50.7 Å². The Balaban J connectivity index is 2.59. The van der Waals surface area contributed by atoms with Gasteiger partial charge >= 0.3 is 0 Å². The molecule has 0 radical (unpaired) electrons. The fraction of sp³-hybridized carbons (Fsp3) is 0.100. The van der Waals surface area contributed by atoms with Crippen LogP contribution in [0.25, 0.3) is 5.69 Å². The lowest BCUT2D eigenvalue weighted by Crippen LogP contribution is -2.09. The van der Waals surface area contributed by atoms with E-state index < -0.39 is 0 Å². The lowest BCUT2D eigenvalue weighted by Gasteiger charge is -2.05. The Morgan fingerprint density at radius 1 is 1.40 bits per heavy atom. The van der Waals surface area contributed by atoms with E-state index >= 15 is 0 Å². The predicted molar refractivity (Wildman–Crippen MR) is 59.8 cm³/mol. The summed E-state index contributed by atoms with van der Waals surface area (Å²) in [6, 6.07) is 5.22. The second-order valence-electron chi connectivity index (χ2n) is 3.14. The summed E-state index contributed by atoms with van der Waals surface area (Å²) in [4.78, 5) is 17.7. The fourth-order valence-electron chi connectivity index (χ4n) is 1.22. The monoisotopic (exact) mass is 219 g/mol. The SMILES string of the molecule is Cc1ccc(-n2ccc(=O)[nH]c2=S)cn1. The van der Waals surface area contributed by atoms with Gasteiger partial charge in [0.05, 0.1) is 11.9 Å². The summed E-state index contributed by atoms with van der Waals surface area (Å²) < 4.78 is 2.07. The first kappa shape index (κ1) is 9.79. The number of nitrogens with zero attached hydrogens (tertiary/aromatic N) is 2. The third-order valence-electron chi connectivity index (χ3n) is 2.00. The summed E-state index contributed by atoms with van der Waals surface area (Å²) in [5, 5.41) is 0. The van der Waals surface area contributed by atoms with E-state index in [0.717, 1.165) is 11.4 Å². The van der Waals surface area contributed by atoms with Crippen LogP contribution in [0, 0.1) is 11.7 Å². The van der Waals surface area contributed by atoms with Crippen molar-refractivity contribution >= 4 is 12.2 Å². The number of rotatable bonds is 1. The first-order valence-electron chi connectivity index (χ1n) is 4.42. The minimum absolute atomic E-state index is 0.198. The van der Waals surface area contributed by atoms with Crippen molar-refractivity contribution in [2.75, 3.05) is 0 Å². The van der Waals surface area contributed by atoms with Crippen molar-refractivity contribution in [2.45, 2.75) is 6.92 Å². The lowest BCUT2D eigenvalue weighted by molar-refractivity contribution is 0.927. The van der Waals surface area contributed by atoms with Gasteiger partial charge in [-0.3, -0.25) is 19.3 Å². The molecule has 0 aliphatic heterocycles. The molecule has 2 rings (SSSR count). The van der Waals surface area contributed by atoms with E-state index in [-0.39, 0.29) is 5.56 Å². The van der Waals surface area contributed by atoms with Crippen molar-refractivity contribution in [1.29, 1.82) is 0 Å². The van der Waals surface area contributed by atoms with Crippen LogP contribution in [-0.4, -0.2) is 14.5 Å². The zero-order chi connectivity index (χ0) is 10.8. The second-order valence-corrected chi connectivity index (χ2v) is 3.52. The summed E-state index contributed by atoms with van der Waals surface area (Å²) in [6.45, 7) is 1.91. The molecule has 0 bridgehead atoms. The van der Waals surface area contributed by atoms with E-state index in [2.05, 4.69) is 9.97 Å². The maximum Gasteiger partial charge on any atom is 0.251 e. The summed E-state index contributed by atoms with van der Waals surface area (Å²) in [6.07, 6.45) is 3.34. The minimum Gasteiger partial charge on any atom is -0.299 e. The van der Waals surface area contributed by atoms with Crippen LogP contribution in [0.15, 0.2) is 35.4 Å². The number of aryl methyl sites for hydroxylation is 1. The summed E-state index contributed by atoms with van der Waals surface area (Å²) in [5.41, 5.74) is 1.58. The molecule has 2 heterocycles. The molecular formula is C10H9N3OS. The highest BCUT2D eigenvalue weighted by Crippen LogP contribution is 2.05. The van der Waals surface area contributed by atoms with Crippen LogP contribution in [0.4, 0.5) is 0 Å². The zero-order valence-corrected chi connectivity index (χ0v) is 8.91. The average molecular weight is 219 g/mol. The summed E-state index contributed by atoms with van der Waals surface area (Å²) >= 11 is 5.03. The molecule has 0 aliphatic carbocycles. The van der Waals surface area contributed by atoms with Gasteiger partial charge in [0, 0.05) is 18.0 Å². The van der Waals surface area contributed by atoms with Crippen LogP contribution < -0.4 is 5.56 Å². The molecule has 0 aliphatic rings. The molecule has 0 amide bonds. The third-order valence-corrected chi connectivity index (χ3v) is 2.30. The number of H-pyrrole nitrogens is 1. The van der Waals surface area contributed by atoms with Crippen LogP contribution in [0.1, 0.15) is 5.69 Å². The van der Waals surface area contributed by atoms with Gasteiger partial charge in [-0.05, 0) is 31.3 Å². The predicted octanol–water partition coefficient (Wildman–Crippen LogP) is 1.60. The van der Waals surface area contributed by atoms with Crippen LogP contribution in [-0.2, 0) is 0 Å². The molecule has 4 nitrogen and oxygen atoms in total. The Labute approximate surface area is 91.2 Å². The van der Waals surface area contributed by atoms with E-state index in [4.69, 9.17) is 12.2 Å². The van der Waals surface area contributed by atoms with Gasteiger partial charge in [-0.15, -0.1) is 0 Å². The van der Waals surface area contributed by atoms with Crippen molar-refractivity contribution in [3.05, 3.63) is 51.4 Å². The molecule has 0 atom stereocenters. The standard InChI is InChI=1S/C10H9N3OS/c1-7-2-3-8(6-11-7)13-5-4-9(14)12-10(13)15/h2-6H,1H3,(H,12,14,15). The van der Waals surface area contributed by atoms with Crippen LogP contribution in [0.5, 0.6) is 0 Å². The van der Waals surface area contributed by atoms with Gasteiger partial charge in [-0.1, -0.05) is 0 Å². The Hall–Kier alpha value is -1.75. The van der Waals surface area contributed by atoms with Gasteiger partial charge in [0.15, 0.2) is 4.77 Å². The van der Waals surface area contributed by atoms with E-state index in [9.17, 15) is 4.79 Å². The maximum atomic E-state index is 11.0. The van der Waals surface area contributed by atoms with Gasteiger partial charge in [0.2, 0.25) is 0 Å². The molecular weight excluding hydrogens is 210 g/mol. The normalized spacial score (nSPS) is 10.2. The van der Waals surface area contributed by atoms with Crippen molar-refractivity contribution in [3.8, 4) is 5.69 Å². The average Bonchev–Trinajstić information content (AvgIpc) is 2.20. The molecule has 0 saturated heterocycles. The molecule has 0 aromatic carbocycles. The fourth-order valence-corrected chi connectivity index (χ4v) is 1.49. The van der Waals surface area contributed by atoms with Crippen LogP contribution >= 0.6 is 12.2 Å². The van der Waals surface area contributed by atoms with Crippen LogP contribution in [0.2, 0.25) is 0 Å². The first-order valence-corrected chi connectivity index (χ1v) is 4.83. The summed E-state index contributed by atoms with van der Waals surface area (Å²) in [7, 11) is 0. The number of aromatic nitrogens is 3. The number of pyridine rings is 1. The number of hydrogen-bond donors (Lipinski definition) is 1. The number of nitrogens with one attached hydrogen (secondary N) is 1. The van der Waals surface area contributed by atoms with Gasteiger partial charge < -0.3 is 0 Å². The second kappa shape index (κ2) is 3.78. The van der Waals surface area contributed by atoms with Gasteiger partial charge in [-0.25, -0.2) is 0 Å². The highest BCUT2D eigenvalue weighted by Gasteiger charge is 1.97. The smallest absolute Gasteiger partial charge is 0.251 e. The molecule has 5 heteroatoms. The minimum atomic E-state index is -0.198. The lowest BCUT2D eigenvalue weighted by atomic mass is 10.3. The van der Waals surface area contributed by atoms with Gasteiger partial charge in [0.1, 0.15) is 0 Å². The largest absolute Gasteiger partial charge is 0.299 e. The molecule has 0 spiro atoms. The number of hydrogen-bond acceptors (Lipinski definition) is 3. The molecule has 76 valence electrons. The Morgan fingerprint density at radius 2 is 2.20 bits per heavy atom. The van der Waals surface area contributed by atoms with E-state index in [1.165, 1.54) is 6.07 Å². The Morgan fingerprint density at radius 3 is 2.80 bits per heavy atom. The molecule has 0 saturated carbocycles. The van der Waals surface area contributed by atoms with Gasteiger partial charge in [0.25, 0.3) is 5.56 Å². The molecule has 2 aromatic heterocycles. The molecule has 0 fully saturated rings. The summed E-state index contributed by atoms with van der Waals surface area (Å²) in [5.74, 6) is 0. The third kappa shape index (κ3) is 2.02. The molecule has 2 aromatic rings. The highest BCUT2D eigenvalue weighted by molar-refractivity contribution is 7.71. The first-order chi connectivity index (χ1) is 7.16. The van der Waals surface area contributed by atoms with Crippen molar-refractivity contribution in [3.63, 3.8) is 0 Å². The maximum absolute atomic E-state index is 11.0. The van der Waals surface area contributed by atoms with Crippen molar-refractivity contribution in [1.82, 2.24) is 14.5 Å². The highest BCUT2D eigenvalue weighted by atomic mass is 32.1. The Bertz CT molecular complexity index is 583. The van der Waals surface area contributed by atoms with Crippen molar-refractivity contribution < 1.29 is 0 Å². The van der Waals surface area contributed by atoms with Crippen molar-refractivity contribution in [2.24, 2.45) is 0 Å². The van der Waals surface area contributed by atoms with E-state index in [1.54, 1.807) is 17.0 Å². The van der Waals surface area contributed by atoms with Crippen LogP contribution in [0.3, 0.4) is 0 Å². The quantitative estimate of drug-likeness (QED) is 0.741. The van der Waals surface area contributed by atoms with E-state index in [1.807, 2.05) is 19.1 Å². The number of aromatic amines is 1. The Kier molecular flexibility index (Phi) is 2.47. The zero-order valence-electron chi connectivity index (χ0n) is 8.10. The molecule has 15 heavy (non-hydrogen) atoms. The van der Waals surface area contributed by atoms with E-state index in [0.29, 0.717) is 4.77 Å². The van der Waals surface area contributed by atoms with Gasteiger partial charge in [-0.2, -0.15) is 0 Å².